The molecule has 0 unspecified atom stereocenters. The van der Waals surface area contributed by atoms with E-state index in [4.69, 9.17) is 0 Å². The summed E-state index contributed by atoms with van der Waals surface area (Å²) >= 11 is 3.26. The van der Waals surface area contributed by atoms with E-state index in [2.05, 4.69) is 31.9 Å². The number of amides is 3. The zero-order valence-corrected chi connectivity index (χ0v) is 14.2. The Morgan fingerprint density at radius 1 is 1.04 bits per heavy atom. The maximum Gasteiger partial charge on any atom is 0.323 e. The minimum atomic E-state index is -0.809. The normalized spacial score (nSPS) is 10.2. The van der Waals surface area contributed by atoms with Crippen LogP contribution in [0.3, 0.4) is 0 Å². The highest BCUT2D eigenvalue weighted by Gasteiger charge is 2.14. The third-order valence-electron chi connectivity index (χ3n) is 2.93. The van der Waals surface area contributed by atoms with E-state index >= 15 is 0 Å². The first-order valence-corrected chi connectivity index (χ1v) is 7.80. The molecule has 5 nitrogen and oxygen atoms in total. The summed E-state index contributed by atoms with van der Waals surface area (Å²) in [5, 5.41) is 7.44. The Kier molecular flexibility index (Phi) is 5.86. The number of hydrogen-bond donors (Lipinski definition) is 3. The van der Waals surface area contributed by atoms with Crippen LogP contribution in [0.1, 0.15) is 17.3 Å². The van der Waals surface area contributed by atoms with Crippen molar-refractivity contribution in [3.8, 4) is 0 Å². The summed E-state index contributed by atoms with van der Waals surface area (Å²) in [6.45, 7) is 2.21. The van der Waals surface area contributed by atoms with Crippen molar-refractivity contribution in [2.45, 2.75) is 6.92 Å². The lowest BCUT2D eigenvalue weighted by atomic mass is 10.1. The van der Waals surface area contributed by atoms with E-state index in [-0.39, 0.29) is 22.8 Å². The monoisotopic (exact) mass is 397 g/mol. The SMILES string of the molecule is CCNC(=O)c1ccc(Br)cc1NC(=O)Nc1cc(F)cc(F)c1. The molecule has 126 valence electrons. The molecule has 24 heavy (non-hydrogen) atoms. The fourth-order valence-corrected chi connectivity index (χ4v) is 2.35. The van der Waals surface area contributed by atoms with Crippen LogP contribution in [-0.4, -0.2) is 18.5 Å². The number of carbonyl (C=O) groups is 2. The second-order valence-electron chi connectivity index (χ2n) is 4.79. The van der Waals surface area contributed by atoms with Crippen molar-refractivity contribution in [2.24, 2.45) is 0 Å². The fourth-order valence-electron chi connectivity index (χ4n) is 1.98. The summed E-state index contributed by atoms with van der Waals surface area (Å²) in [6, 6.07) is 6.69. The van der Waals surface area contributed by atoms with Crippen LogP contribution < -0.4 is 16.0 Å². The zero-order chi connectivity index (χ0) is 17.7. The standard InChI is InChI=1S/C16H14BrF2N3O2/c1-2-20-15(23)13-4-3-9(17)5-14(13)22-16(24)21-12-7-10(18)6-11(19)8-12/h3-8H,2H2,1H3,(H,20,23)(H2,21,22,24). The number of hydrogen-bond acceptors (Lipinski definition) is 2. The average Bonchev–Trinajstić information content (AvgIpc) is 2.46. The van der Waals surface area contributed by atoms with Gasteiger partial charge < -0.3 is 16.0 Å². The van der Waals surface area contributed by atoms with E-state index in [0.29, 0.717) is 17.1 Å². The Balaban J connectivity index is 2.18. The molecule has 3 amide bonds. The molecule has 0 aliphatic heterocycles. The molecular formula is C16H14BrF2N3O2. The topological polar surface area (TPSA) is 70.2 Å². The van der Waals surface area contributed by atoms with Gasteiger partial charge in [0.1, 0.15) is 11.6 Å². The van der Waals surface area contributed by atoms with Gasteiger partial charge in [-0.15, -0.1) is 0 Å². The molecule has 0 saturated heterocycles. The third kappa shape index (κ3) is 4.76. The summed E-state index contributed by atoms with van der Waals surface area (Å²) in [6.07, 6.45) is 0. The quantitative estimate of drug-likeness (QED) is 0.725. The Labute approximate surface area is 145 Å². The van der Waals surface area contributed by atoms with Crippen LogP contribution in [-0.2, 0) is 0 Å². The molecule has 0 spiro atoms. The predicted octanol–water partition coefficient (Wildman–Crippen LogP) is 4.12. The van der Waals surface area contributed by atoms with Crippen molar-refractivity contribution in [1.29, 1.82) is 0 Å². The van der Waals surface area contributed by atoms with E-state index in [1.807, 2.05) is 0 Å². The van der Waals surface area contributed by atoms with Crippen LogP contribution in [0.5, 0.6) is 0 Å². The molecule has 0 aromatic heterocycles. The maximum absolute atomic E-state index is 13.1. The largest absolute Gasteiger partial charge is 0.352 e. The maximum atomic E-state index is 13.1. The average molecular weight is 398 g/mol. The Morgan fingerprint density at radius 3 is 2.33 bits per heavy atom. The van der Waals surface area contributed by atoms with Gasteiger partial charge in [-0.1, -0.05) is 15.9 Å². The molecule has 0 aliphatic carbocycles. The van der Waals surface area contributed by atoms with E-state index in [1.54, 1.807) is 25.1 Å². The molecule has 2 rings (SSSR count). The Morgan fingerprint density at radius 2 is 1.71 bits per heavy atom. The predicted molar refractivity (Wildman–Crippen MR) is 91.1 cm³/mol. The number of rotatable bonds is 4. The van der Waals surface area contributed by atoms with Crippen LogP contribution in [0.25, 0.3) is 0 Å². The minimum absolute atomic E-state index is 0.0421. The lowest BCUT2D eigenvalue weighted by Crippen LogP contribution is -2.26. The van der Waals surface area contributed by atoms with Gasteiger partial charge in [-0.3, -0.25) is 4.79 Å². The van der Waals surface area contributed by atoms with Crippen molar-refractivity contribution in [2.75, 3.05) is 17.2 Å². The molecule has 0 radical (unpaired) electrons. The van der Waals surface area contributed by atoms with E-state index in [0.717, 1.165) is 12.1 Å². The Hall–Kier alpha value is -2.48. The zero-order valence-electron chi connectivity index (χ0n) is 12.6. The van der Waals surface area contributed by atoms with Crippen molar-refractivity contribution in [3.05, 3.63) is 58.1 Å². The molecule has 2 aromatic rings. The van der Waals surface area contributed by atoms with Gasteiger partial charge in [0.25, 0.3) is 5.91 Å². The van der Waals surface area contributed by atoms with Crippen LogP contribution in [0.4, 0.5) is 25.0 Å². The smallest absolute Gasteiger partial charge is 0.323 e. The molecule has 2 aromatic carbocycles. The van der Waals surface area contributed by atoms with Gasteiger partial charge in [0, 0.05) is 22.8 Å². The van der Waals surface area contributed by atoms with Crippen molar-refractivity contribution in [1.82, 2.24) is 5.32 Å². The van der Waals surface area contributed by atoms with Crippen LogP contribution in [0, 0.1) is 11.6 Å². The summed E-state index contributed by atoms with van der Waals surface area (Å²) in [4.78, 5) is 24.0. The van der Waals surface area contributed by atoms with E-state index in [1.165, 1.54) is 0 Å². The van der Waals surface area contributed by atoms with Crippen molar-refractivity contribution >= 4 is 39.2 Å². The molecular weight excluding hydrogens is 384 g/mol. The number of urea groups is 1. The van der Waals surface area contributed by atoms with E-state index < -0.39 is 17.7 Å². The minimum Gasteiger partial charge on any atom is -0.352 e. The van der Waals surface area contributed by atoms with Gasteiger partial charge in [-0.05, 0) is 37.3 Å². The molecule has 0 fully saturated rings. The summed E-state index contributed by atoms with van der Waals surface area (Å²) < 4.78 is 26.9. The number of benzene rings is 2. The van der Waals surface area contributed by atoms with Crippen LogP contribution >= 0.6 is 15.9 Å². The van der Waals surface area contributed by atoms with E-state index in [9.17, 15) is 18.4 Å². The van der Waals surface area contributed by atoms with Gasteiger partial charge in [-0.25, -0.2) is 13.6 Å². The van der Waals surface area contributed by atoms with Crippen LogP contribution in [0.2, 0.25) is 0 Å². The Bertz CT molecular complexity index is 764. The molecule has 0 heterocycles. The first-order valence-electron chi connectivity index (χ1n) is 7.01. The van der Waals surface area contributed by atoms with Gasteiger partial charge >= 0.3 is 6.03 Å². The highest BCUT2D eigenvalue weighted by atomic mass is 79.9. The molecule has 0 atom stereocenters. The van der Waals surface area contributed by atoms with Gasteiger partial charge in [0.05, 0.1) is 11.3 Å². The van der Waals surface area contributed by atoms with Crippen LogP contribution in [0.15, 0.2) is 40.9 Å². The summed E-state index contributed by atoms with van der Waals surface area (Å²) in [7, 11) is 0. The number of carbonyl (C=O) groups excluding carboxylic acids is 2. The molecule has 8 heteroatoms. The molecule has 3 N–H and O–H groups in total. The first kappa shape index (κ1) is 17.9. The molecule has 0 bridgehead atoms. The second kappa shape index (κ2) is 7.87. The lowest BCUT2D eigenvalue weighted by Gasteiger charge is -2.12. The first-order chi connectivity index (χ1) is 11.4. The summed E-state index contributed by atoms with van der Waals surface area (Å²) in [5.74, 6) is -1.97. The highest BCUT2D eigenvalue weighted by molar-refractivity contribution is 9.10. The molecule has 0 saturated carbocycles. The van der Waals surface area contributed by atoms with Gasteiger partial charge in [0.15, 0.2) is 0 Å². The number of halogens is 3. The van der Waals surface area contributed by atoms with Crippen molar-refractivity contribution < 1.29 is 18.4 Å². The summed E-state index contributed by atoms with van der Waals surface area (Å²) in [5.41, 5.74) is 0.477. The van der Waals surface area contributed by atoms with Gasteiger partial charge in [-0.2, -0.15) is 0 Å². The van der Waals surface area contributed by atoms with Gasteiger partial charge in [0.2, 0.25) is 0 Å². The second-order valence-corrected chi connectivity index (χ2v) is 5.70. The number of anilines is 2. The fraction of sp³-hybridized carbons (Fsp3) is 0.125. The molecule has 0 aliphatic rings. The van der Waals surface area contributed by atoms with Crippen molar-refractivity contribution in [3.63, 3.8) is 0 Å². The number of nitrogens with one attached hydrogen (secondary N) is 3. The third-order valence-corrected chi connectivity index (χ3v) is 3.43. The lowest BCUT2D eigenvalue weighted by molar-refractivity contribution is 0.0956. The highest BCUT2D eigenvalue weighted by Crippen LogP contribution is 2.22.